The monoisotopic (exact) mass is 524 g/mol. The maximum atomic E-state index is 13.2. The first kappa shape index (κ1) is 23.4. The third-order valence-corrected chi connectivity index (χ3v) is 6.17. The molecule has 0 radical (unpaired) electrons. The molecule has 0 aliphatic carbocycles. The smallest absolute Gasteiger partial charge is 0.313 e. The maximum Gasteiger partial charge on any atom is 0.313 e. The maximum absolute atomic E-state index is 13.2. The van der Waals surface area contributed by atoms with Gasteiger partial charge in [0.15, 0.2) is 15.9 Å². The second-order valence-corrected chi connectivity index (χ2v) is 9.60. The van der Waals surface area contributed by atoms with Crippen molar-refractivity contribution in [2.75, 3.05) is 0 Å². The average molecular weight is 526 g/mol. The fourth-order valence-electron chi connectivity index (χ4n) is 2.93. The molecule has 8 nitrogen and oxygen atoms in total. The summed E-state index contributed by atoms with van der Waals surface area (Å²) in [6, 6.07) is 3.06. The van der Waals surface area contributed by atoms with Crippen molar-refractivity contribution in [2.45, 2.75) is 20.5 Å². The zero-order chi connectivity index (χ0) is 23.7. The van der Waals surface area contributed by atoms with Gasteiger partial charge in [0.05, 0.1) is 32.0 Å². The lowest BCUT2D eigenvalue weighted by Gasteiger charge is -2.17. The van der Waals surface area contributed by atoms with Gasteiger partial charge < -0.3 is 14.5 Å². The molecule has 1 N–H and O–H groups in total. The summed E-state index contributed by atoms with van der Waals surface area (Å²) in [4.78, 5) is 41.4. The SMILES string of the molecule is CC(C)C(=O)Oc1c(-c2c(Cl)ccc(Cl)c2OCc2cnc(Cl)s2)c(=O)[nH]c2nccnc12. The summed E-state index contributed by atoms with van der Waals surface area (Å²) in [7, 11) is 0. The van der Waals surface area contributed by atoms with Gasteiger partial charge in [-0.05, 0) is 12.1 Å². The number of fused-ring (bicyclic) bond motifs is 1. The number of nitrogens with zero attached hydrogens (tertiary/aromatic N) is 3. The van der Waals surface area contributed by atoms with E-state index in [2.05, 4.69) is 19.9 Å². The van der Waals surface area contributed by atoms with Crippen molar-refractivity contribution in [3.05, 3.63) is 60.5 Å². The molecule has 3 aromatic heterocycles. The molecule has 1 aromatic carbocycles. The topological polar surface area (TPSA) is 107 Å². The Labute approximate surface area is 206 Å². The molecule has 12 heteroatoms. The van der Waals surface area contributed by atoms with Gasteiger partial charge >= 0.3 is 5.97 Å². The number of halogens is 3. The summed E-state index contributed by atoms with van der Waals surface area (Å²) in [5, 5.41) is 0.358. The normalized spacial score (nSPS) is 11.2. The Kier molecular flexibility index (Phi) is 6.85. The number of hydrogen-bond donors (Lipinski definition) is 1. The fourth-order valence-corrected chi connectivity index (χ4v) is 4.28. The van der Waals surface area contributed by atoms with Crippen LogP contribution >= 0.6 is 46.1 Å². The first-order valence-corrected chi connectivity index (χ1v) is 11.5. The molecule has 0 aliphatic rings. The van der Waals surface area contributed by atoms with Crippen LogP contribution in [-0.4, -0.2) is 25.9 Å². The highest BCUT2D eigenvalue weighted by Crippen LogP contribution is 2.45. The molecule has 0 unspecified atom stereocenters. The number of benzene rings is 1. The lowest BCUT2D eigenvalue weighted by molar-refractivity contribution is -0.137. The summed E-state index contributed by atoms with van der Waals surface area (Å²) in [5.74, 6) is -0.987. The van der Waals surface area contributed by atoms with Crippen molar-refractivity contribution in [2.24, 2.45) is 5.92 Å². The predicted molar refractivity (Wildman–Crippen MR) is 128 cm³/mol. The van der Waals surface area contributed by atoms with Gasteiger partial charge in [-0.3, -0.25) is 9.59 Å². The van der Waals surface area contributed by atoms with Gasteiger partial charge in [0.25, 0.3) is 5.56 Å². The molecule has 0 fully saturated rings. The second-order valence-electron chi connectivity index (χ2n) is 7.09. The number of rotatable bonds is 6. The predicted octanol–water partition coefficient (Wildman–Crippen LogP) is 5.54. The van der Waals surface area contributed by atoms with Crippen LogP contribution in [0, 0.1) is 5.92 Å². The van der Waals surface area contributed by atoms with E-state index in [-0.39, 0.29) is 50.4 Å². The zero-order valence-corrected chi connectivity index (χ0v) is 20.3. The van der Waals surface area contributed by atoms with Gasteiger partial charge in [0, 0.05) is 18.6 Å². The Bertz CT molecular complexity index is 1420. The summed E-state index contributed by atoms with van der Waals surface area (Å²) < 4.78 is 11.9. The van der Waals surface area contributed by atoms with Crippen molar-refractivity contribution < 1.29 is 14.3 Å². The second kappa shape index (κ2) is 9.64. The van der Waals surface area contributed by atoms with Crippen LogP contribution in [0.4, 0.5) is 0 Å². The van der Waals surface area contributed by atoms with Crippen LogP contribution in [0.25, 0.3) is 22.3 Å². The molecular weight excluding hydrogens is 511 g/mol. The van der Waals surface area contributed by atoms with Crippen molar-refractivity contribution in [3.63, 3.8) is 0 Å². The van der Waals surface area contributed by atoms with Crippen LogP contribution in [0.1, 0.15) is 18.7 Å². The molecule has 0 saturated heterocycles. The third-order valence-electron chi connectivity index (χ3n) is 4.47. The number of hydrogen-bond acceptors (Lipinski definition) is 8. The number of pyridine rings is 1. The van der Waals surface area contributed by atoms with E-state index in [1.54, 1.807) is 20.0 Å². The number of esters is 1. The van der Waals surface area contributed by atoms with Crippen molar-refractivity contribution in [1.29, 1.82) is 0 Å². The minimum atomic E-state index is -0.607. The summed E-state index contributed by atoms with van der Waals surface area (Å²) in [5.41, 5.74) is -0.179. The molecule has 4 rings (SSSR count). The van der Waals surface area contributed by atoms with Gasteiger partial charge in [-0.2, -0.15) is 0 Å². The van der Waals surface area contributed by atoms with E-state index < -0.39 is 17.4 Å². The van der Waals surface area contributed by atoms with Gasteiger partial charge in [-0.1, -0.05) is 48.7 Å². The van der Waals surface area contributed by atoms with Crippen molar-refractivity contribution >= 4 is 63.3 Å². The molecule has 3 heterocycles. The minimum Gasteiger partial charge on any atom is -0.486 e. The molecule has 33 heavy (non-hydrogen) atoms. The lowest BCUT2D eigenvalue weighted by Crippen LogP contribution is -2.20. The van der Waals surface area contributed by atoms with Crippen LogP contribution in [0.5, 0.6) is 11.5 Å². The van der Waals surface area contributed by atoms with E-state index in [1.165, 1.54) is 35.9 Å². The molecule has 0 aliphatic heterocycles. The number of aromatic nitrogens is 4. The third kappa shape index (κ3) is 4.81. The largest absolute Gasteiger partial charge is 0.486 e. The molecule has 170 valence electrons. The van der Waals surface area contributed by atoms with Crippen LogP contribution in [0.2, 0.25) is 14.5 Å². The van der Waals surface area contributed by atoms with Crippen LogP contribution in [-0.2, 0) is 11.4 Å². The van der Waals surface area contributed by atoms with E-state index in [1.807, 2.05) is 0 Å². The molecule has 0 bridgehead atoms. The number of carbonyl (C=O) groups excluding carboxylic acids is 1. The Morgan fingerprint density at radius 1 is 1.06 bits per heavy atom. The standard InChI is InChI=1S/C21H15Cl3N4O4S/c1-9(2)20(30)32-17-14(19(29)28-18-15(17)25-5-6-26-18)13-11(22)3-4-12(23)16(13)31-8-10-7-27-21(24)33-10/h3-7,9H,8H2,1-2H3,(H,26,28,29). The summed E-state index contributed by atoms with van der Waals surface area (Å²) in [6.45, 7) is 3.41. The molecule has 0 saturated carbocycles. The first-order chi connectivity index (χ1) is 15.8. The zero-order valence-electron chi connectivity index (χ0n) is 17.2. The molecular formula is C21H15Cl3N4O4S. The number of nitrogens with one attached hydrogen (secondary N) is 1. The van der Waals surface area contributed by atoms with Crippen molar-refractivity contribution in [3.8, 4) is 22.6 Å². The van der Waals surface area contributed by atoms with E-state index in [0.717, 1.165) is 4.88 Å². The minimum absolute atomic E-state index is 0.0539. The number of carbonyl (C=O) groups is 1. The number of aromatic amines is 1. The highest BCUT2D eigenvalue weighted by molar-refractivity contribution is 7.15. The Morgan fingerprint density at radius 2 is 1.79 bits per heavy atom. The summed E-state index contributed by atoms with van der Waals surface area (Å²) in [6.07, 6.45) is 4.40. The van der Waals surface area contributed by atoms with Gasteiger partial charge in [0.1, 0.15) is 17.9 Å². The summed E-state index contributed by atoms with van der Waals surface area (Å²) >= 11 is 20.1. The number of H-pyrrole nitrogens is 1. The van der Waals surface area contributed by atoms with Gasteiger partial charge in [-0.25, -0.2) is 15.0 Å². The van der Waals surface area contributed by atoms with E-state index in [9.17, 15) is 9.59 Å². The van der Waals surface area contributed by atoms with Crippen LogP contribution < -0.4 is 15.0 Å². The molecule has 4 aromatic rings. The number of ether oxygens (including phenoxy) is 2. The van der Waals surface area contributed by atoms with Gasteiger partial charge in [0.2, 0.25) is 0 Å². The first-order valence-electron chi connectivity index (χ1n) is 9.56. The molecule has 0 amide bonds. The molecule has 0 spiro atoms. The fraction of sp³-hybridized carbons (Fsp3) is 0.190. The van der Waals surface area contributed by atoms with Crippen LogP contribution in [0.15, 0.2) is 35.5 Å². The van der Waals surface area contributed by atoms with Crippen LogP contribution in [0.3, 0.4) is 0 Å². The number of thiazole rings is 1. The van der Waals surface area contributed by atoms with Crippen molar-refractivity contribution in [1.82, 2.24) is 19.9 Å². The Morgan fingerprint density at radius 3 is 2.48 bits per heavy atom. The quantitative estimate of drug-likeness (QED) is 0.329. The lowest BCUT2D eigenvalue weighted by atomic mass is 10.0. The Hall–Kier alpha value is -2.72. The highest BCUT2D eigenvalue weighted by atomic mass is 35.5. The van der Waals surface area contributed by atoms with E-state index >= 15 is 0 Å². The molecule has 0 atom stereocenters. The Balaban J connectivity index is 1.94. The van der Waals surface area contributed by atoms with Gasteiger partial charge in [-0.15, -0.1) is 11.3 Å². The highest BCUT2D eigenvalue weighted by Gasteiger charge is 2.27. The van der Waals surface area contributed by atoms with E-state index in [4.69, 9.17) is 44.3 Å². The average Bonchev–Trinajstić information content (AvgIpc) is 3.20. The van der Waals surface area contributed by atoms with E-state index in [0.29, 0.717) is 4.47 Å².